The zero-order valence-electron chi connectivity index (χ0n) is 11.7. The van der Waals surface area contributed by atoms with Crippen LogP contribution in [-0.2, 0) is 11.3 Å². The summed E-state index contributed by atoms with van der Waals surface area (Å²) in [4.78, 5) is 14.7. The molecule has 0 bridgehead atoms. The number of benzene rings is 1. The van der Waals surface area contributed by atoms with E-state index >= 15 is 0 Å². The van der Waals surface area contributed by atoms with Crippen molar-refractivity contribution in [2.24, 2.45) is 0 Å². The van der Waals surface area contributed by atoms with Crippen molar-refractivity contribution in [2.45, 2.75) is 32.9 Å². The fourth-order valence-electron chi connectivity index (χ4n) is 1.81. The first kappa shape index (κ1) is 14.5. The Hall–Kier alpha value is -1.88. The molecule has 0 unspecified atom stereocenters. The highest BCUT2D eigenvalue weighted by molar-refractivity contribution is 6.33. The molecule has 0 saturated carbocycles. The number of nitrogens with two attached hydrogens (primary N) is 1. The molecule has 0 aliphatic carbocycles. The summed E-state index contributed by atoms with van der Waals surface area (Å²) in [5.41, 5.74) is 7.50. The molecule has 1 aromatic heterocycles. The summed E-state index contributed by atoms with van der Waals surface area (Å²) >= 11 is 5.97. The Kier molecular flexibility index (Phi) is 3.81. The third-order valence-electron chi connectivity index (χ3n) is 2.62. The molecule has 0 spiro atoms. The highest BCUT2D eigenvalue weighted by Gasteiger charge is 2.16. The number of fused-ring (bicyclic) bond motifs is 1. The molecule has 6 heteroatoms. The molecule has 0 radical (unpaired) electrons. The Morgan fingerprint density at radius 1 is 1.40 bits per heavy atom. The summed E-state index contributed by atoms with van der Waals surface area (Å²) in [6.45, 7) is 5.81. The molecular formula is C14H18ClN3O2. The van der Waals surface area contributed by atoms with Gasteiger partial charge in [0.05, 0.1) is 17.3 Å². The van der Waals surface area contributed by atoms with E-state index in [1.54, 1.807) is 12.1 Å². The Balaban J connectivity index is 2.05. The van der Waals surface area contributed by atoms with Gasteiger partial charge in [-0.1, -0.05) is 11.6 Å². The van der Waals surface area contributed by atoms with E-state index in [4.69, 9.17) is 22.1 Å². The highest BCUT2D eigenvalue weighted by Crippen LogP contribution is 2.26. The Bertz CT molecular complexity index is 605. The van der Waals surface area contributed by atoms with E-state index in [1.807, 2.05) is 26.8 Å². The van der Waals surface area contributed by atoms with Crippen molar-refractivity contribution in [3.8, 4) is 0 Å². The first-order valence-corrected chi connectivity index (χ1v) is 6.66. The monoisotopic (exact) mass is 295 g/mol. The van der Waals surface area contributed by atoms with Crippen molar-refractivity contribution < 1.29 is 9.53 Å². The van der Waals surface area contributed by atoms with Crippen molar-refractivity contribution in [3.05, 3.63) is 28.9 Å². The van der Waals surface area contributed by atoms with Gasteiger partial charge in [0.25, 0.3) is 0 Å². The molecule has 0 aliphatic heterocycles. The number of aromatic nitrogens is 1. The second-order valence-corrected chi connectivity index (χ2v) is 6.02. The van der Waals surface area contributed by atoms with Gasteiger partial charge < -0.3 is 20.8 Å². The van der Waals surface area contributed by atoms with Gasteiger partial charge in [-0.15, -0.1) is 0 Å². The van der Waals surface area contributed by atoms with Crippen LogP contribution < -0.4 is 11.1 Å². The summed E-state index contributed by atoms with van der Waals surface area (Å²) in [6, 6.07) is 5.48. The van der Waals surface area contributed by atoms with E-state index < -0.39 is 11.7 Å². The molecule has 0 fully saturated rings. The molecule has 5 nitrogen and oxygen atoms in total. The summed E-state index contributed by atoms with van der Waals surface area (Å²) in [7, 11) is 0. The number of hydrogen-bond donors (Lipinski definition) is 3. The van der Waals surface area contributed by atoms with Gasteiger partial charge in [-0.3, -0.25) is 0 Å². The van der Waals surface area contributed by atoms with Crippen LogP contribution in [0.1, 0.15) is 26.5 Å². The summed E-state index contributed by atoms with van der Waals surface area (Å²) in [5, 5.41) is 4.16. The van der Waals surface area contributed by atoms with Crippen LogP contribution in [0.4, 0.5) is 10.5 Å². The predicted molar refractivity (Wildman–Crippen MR) is 80.8 cm³/mol. The molecule has 2 aromatic rings. The number of alkyl carbamates (subject to hydrolysis) is 1. The number of carbonyl (C=O) groups excluding carboxylic acids is 1. The number of H-pyrrole nitrogens is 1. The quantitative estimate of drug-likeness (QED) is 0.743. The Morgan fingerprint density at radius 3 is 2.75 bits per heavy atom. The van der Waals surface area contributed by atoms with Gasteiger partial charge in [-0.25, -0.2) is 4.79 Å². The molecule has 1 amide bonds. The van der Waals surface area contributed by atoms with Crippen molar-refractivity contribution >= 4 is 34.3 Å². The molecular weight excluding hydrogens is 278 g/mol. The number of amides is 1. The standard InChI is InChI=1S/C14H18ClN3O2/c1-14(2,3)20-13(19)17-7-9-4-8-5-10(15)11(16)6-12(8)18-9/h4-6,18H,7,16H2,1-3H3,(H,17,19). The van der Waals surface area contributed by atoms with Crippen LogP contribution in [0.15, 0.2) is 18.2 Å². The van der Waals surface area contributed by atoms with E-state index in [1.165, 1.54) is 0 Å². The van der Waals surface area contributed by atoms with Gasteiger partial charge in [0, 0.05) is 16.6 Å². The van der Waals surface area contributed by atoms with Crippen molar-refractivity contribution in [1.82, 2.24) is 10.3 Å². The normalized spacial score (nSPS) is 11.6. The van der Waals surface area contributed by atoms with Gasteiger partial charge in [0.1, 0.15) is 5.60 Å². The van der Waals surface area contributed by atoms with Gasteiger partial charge >= 0.3 is 6.09 Å². The van der Waals surface area contributed by atoms with E-state index in [0.29, 0.717) is 17.3 Å². The number of nitrogens with one attached hydrogen (secondary N) is 2. The van der Waals surface area contributed by atoms with Crippen LogP contribution in [-0.4, -0.2) is 16.7 Å². The van der Waals surface area contributed by atoms with Crippen LogP contribution in [0, 0.1) is 0 Å². The van der Waals surface area contributed by atoms with Crippen LogP contribution in [0.3, 0.4) is 0 Å². The first-order valence-electron chi connectivity index (χ1n) is 6.28. The predicted octanol–water partition coefficient (Wildman–Crippen LogP) is 3.43. The molecule has 0 aliphatic rings. The number of hydrogen-bond acceptors (Lipinski definition) is 3. The third-order valence-corrected chi connectivity index (χ3v) is 2.94. The molecule has 2 rings (SSSR count). The minimum Gasteiger partial charge on any atom is -0.444 e. The second kappa shape index (κ2) is 5.25. The molecule has 108 valence electrons. The lowest BCUT2D eigenvalue weighted by Gasteiger charge is -2.19. The molecule has 1 heterocycles. The Morgan fingerprint density at radius 2 is 2.10 bits per heavy atom. The lowest BCUT2D eigenvalue weighted by molar-refractivity contribution is 0.0523. The molecule has 0 atom stereocenters. The first-order chi connectivity index (χ1) is 9.24. The van der Waals surface area contributed by atoms with Crippen LogP contribution >= 0.6 is 11.6 Å². The maximum absolute atomic E-state index is 11.6. The van der Waals surface area contributed by atoms with Gasteiger partial charge in [-0.05, 0) is 39.0 Å². The SMILES string of the molecule is CC(C)(C)OC(=O)NCc1cc2cc(Cl)c(N)cc2[nH]1. The van der Waals surface area contributed by atoms with Crippen molar-refractivity contribution in [3.63, 3.8) is 0 Å². The lowest BCUT2D eigenvalue weighted by atomic mass is 10.2. The lowest BCUT2D eigenvalue weighted by Crippen LogP contribution is -2.32. The number of nitrogen functional groups attached to an aromatic ring is 1. The van der Waals surface area contributed by atoms with Crippen molar-refractivity contribution in [2.75, 3.05) is 5.73 Å². The topological polar surface area (TPSA) is 80.1 Å². The molecule has 1 aromatic carbocycles. The Labute approximate surface area is 122 Å². The molecule has 4 N–H and O–H groups in total. The van der Waals surface area contributed by atoms with Crippen LogP contribution in [0.2, 0.25) is 5.02 Å². The summed E-state index contributed by atoms with van der Waals surface area (Å²) in [6.07, 6.45) is -0.450. The van der Waals surface area contributed by atoms with Gasteiger partial charge in [-0.2, -0.15) is 0 Å². The van der Waals surface area contributed by atoms with E-state index in [0.717, 1.165) is 16.6 Å². The van der Waals surface area contributed by atoms with Crippen molar-refractivity contribution in [1.29, 1.82) is 0 Å². The number of anilines is 1. The van der Waals surface area contributed by atoms with Gasteiger partial charge in [0.2, 0.25) is 0 Å². The zero-order chi connectivity index (χ0) is 14.9. The third kappa shape index (κ3) is 3.57. The smallest absolute Gasteiger partial charge is 0.407 e. The van der Waals surface area contributed by atoms with Crippen LogP contribution in [0.25, 0.3) is 10.9 Å². The number of carbonyl (C=O) groups is 1. The highest BCUT2D eigenvalue weighted by atomic mass is 35.5. The van der Waals surface area contributed by atoms with E-state index in [-0.39, 0.29) is 0 Å². The summed E-state index contributed by atoms with van der Waals surface area (Å²) < 4.78 is 5.17. The number of aromatic amines is 1. The molecule has 20 heavy (non-hydrogen) atoms. The fourth-order valence-corrected chi connectivity index (χ4v) is 1.98. The fraction of sp³-hybridized carbons (Fsp3) is 0.357. The summed E-state index contributed by atoms with van der Waals surface area (Å²) in [5.74, 6) is 0. The largest absolute Gasteiger partial charge is 0.444 e. The minimum atomic E-state index is -0.507. The van der Waals surface area contributed by atoms with E-state index in [9.17, 15) is 4.79 Å². The average Bonchev–Trinajstić information content (AvgIpc) is 2.67. The van der Waals surface area contributed by atoms with Crippen LogP contribution in [0.5, 0.6) is 0 Å². The van der Waals surface area contributed by atoms with Gasteiger partial charge in [0.15, 0.2) is 0 Å². The zero-order valence-corrected chi connectivity index (χ0v) is 12.5. The number of ether oxygens (including phenoxy) is 1. The second-order valence-electron chi connectivity index (χ2n) is 5.61. The molecule has 0 saturated heterocycles. The average molecular weight is 296 g/mol. The number of rotatable bonds is 2. The maximum Gasteiger partial charge on any atom is 0.407 e. The number of halogens is 1. The maximum atomic E-state index is 11.6. The van der Waals surface area contributed by atoms with E-state index in [2.05, 4.69) is 10.3 Å². The minimum absolute atomic E-state index is 0.348.